The average Bonchev–Trinajstić information content (AvgIpc) is 2.79. The van der Waals surface area contributed by atoms with Crippen molar-refractivity contribution >= 4 is 44.9 Å². The minimum absolute atomic E-state index is 0.209. The highest BCUT2D eigenvalue weighted by Gasteiger charge is 2.22. The first-order chi connectivity index (χ1) is 15.8. The predicted octanol–water partition coefficient (Wildman–Crippen LogP) is 5.51. The highest BCUT2D eigenvalue weighted by molar-refractivity contribution is 6.12. The SMILES string of the molecule is C=C(C)C(=O)Nc1ccc2c(c1)c(-c1ccccc1)[n+](C)c1cc(NC(=O)C(=C)C)ccc21. The Balaban J connectivity index is 1.99. The normalized spacial score (nSPS) is 10.8. The highest BCUT2D eigenvalue weighted by Crippen LogP contribution is 2.34. The lowest BCUT2D eigenvalue weighted by atomic mass is 9.98. The highest BCUT2D eigenvalue weighted by atomic mass is 16.2. The van der Waals surface area contributed by atoms with E-state index in [0.717, 1.165) is 32.9 Å². The zero-order valence-corrected chi connectivity index (χ0v) is 19.0. The lowest BCUT2D eigenvalue weighted by molar-refractivity contribution is -0.632. The van der Waals surface area contributed by atoms with Crippen LogP contribution < -0.4 is 15.2 Å². The van der Waals surface area contributed by atoms with E-state index in [1.165, 1.54) is 0 Å². The number of aromatic nitrogens is 1. The Kier molecular flexibility index (Phi) is 5.80. The maximum absolute atomic E-state index is 12.2. The first kappa shape index (κ1) is 22.0. The van der Waals surface area contributed by atoms with E-state index in [2.05, 4.69) is 40.5 Å². The molecule has 4 aromatic rings. The van der Waals surface area contributed by atoms with Gasteiger partial charge in [0, 0.05) is 39.5 Å². The summed E-state index contributed by atoms with van der Waals surface area (Å²) < 4.78 is 2.12. The van der Waals surface area contributed by atoms with Crippen LogP contribution in [0, 0.1) is 0 Å². The molecule has 0 atom stereocenters. The standard InChI is InChI=1S/C28H25N3O2/c1-17(2)27(32)29-20-11-13-22-23-14-12-21(30-28(33)18(3)4)16-25(23)31(5)26(24(22)15-20)19-9-7-6-8-10-19/h6-16H,1,3H2,2,4-5H3,(H,29,32)/p+1. The molecule has 1 heterocycles. The monoisotopic (exact) mass is 436 g/mol. The number of pyridine rings is 1. The molecule has 0 radical (unpaired) electrons. The van der Waals surface area contributed by atoms with Crippen LogP contribution in [0.15, 0.2) is 91.0 Å². The van der Waals surface area contributed by atoms with Crippen LogP contribution in [0.1, 0.15) is 13.8 Å². The van der Waals surface area contributed by atoms with Crippen molar-refractivity contribution in [3.05, 3.63) is 91.0 Å². The van der Waals surface area contributed by atoms with Gasteiger partial charge in [-0.1, -0.05) is 37.4 Å². The Morgan fingerprint density at radius 2 is 1.27 bits per heavy atom. The molecule has 0 aliphatic carbocycles. The molecule has 0 saturated carbocycles. The van der Waals surface area contributed by atoms with Gasteiger partial charge in [0.15, 0.2) is 0 Å². The molecule has 0 bridgehead atoms. The van der Waals surface area contributed by atoms with Crippen LogP contribution >= 0.6 is 0 Å². The summed E-state index contributed by atoms with van der Waals surface area (Å²) in [5.74, 6) is -0.419. The molecule has 1 aromatic heterocycles. The molecule has 5 heteroatoms. The van der Waals surface area contributed by atoms with E-state index in [0.29, 0.717) is 22.5 Å². The first-order valence-electron chi connectivity index (χ1n) is 10.6. The smallest absolute Gasteiger partial charge is 0.250 e. The van der Waals surface area contributed by atoms with Crippen LogP contribution in [-0.2, 0) is 16.6 Å². The van der Waals surface area contributed by atoms with Gasteiger partial charge in [-0.2, -0.15) is 4.57 Å². The van der Waals surface area contributed by atoms with Gasteiger partial charge in [-0.15, -0.1) is 0 Å². The molecule has 33 heavy (non-hydrogen) atoms. The third kappa shape index (κ3) is 4.26. The van der Waals surface area contributed by atoms with E-state index in [1.807, 2.05) is 61.6 Å². The Morgan fingerprint density at radius 1 is 0.727 bits per heavy atom. The van der Waals surface area contributed by atoms with Crippen molar-refractivity contribution in [2.45, 2.75) is 13.8 Å². The summed E-state index contributed by atoms with van der Waals surface area (Å²) in [7, 11) is 2.01. The zero-order chi connectivity index (χ0) is 23.7. The molecule has 0 saturated heterocycles. The van der Waals surface area contributed by atoms with Crippen LogP contribution in [0.3, 0.4) is 0 Å². The number of benzene rings is 3. The summed E-state index contributed by atoms with van der Waals surface area (Å²) in [6.45, 7) is 10.8. The predicted molar refractivity (Wildman–Crippen MR) is 135 cm³/mol. The number of anilines is 2. The van der Waals surface area contributed by atoms with Crippen LogP contribution in [0.4, 0.5) is 11.4 Å². The fourth-order valence-corrected chi connectivity index (χ4v) is 3.89. The molecule has 0 unspecified atom stereocenters. The second-order valence-electron chi connectivity index (χ2n) is 8.23. The number of carbonyl (C=O) groups excluding carboxylic acids is 2. The summed E-state index contributed by atoms with van der Waals surface area (Å²) in [6, 6.07) is 21.9. The first-order valence-corrected chi connectivity index (χ1v) is 10.6. The second-order valence-corrected chi connectivity index (χ2v) is 8.23. The molecule has 0 aliphatic heterocycles. The molecule has 0 fully saturated rings. The van der Waals surface area contributed by atoms with Crippen molar-refractivity contribution < 1.29 is 14.2 Å². The fourth-order valence-electron chi connectivity index (χ4n) is 3.89. The number of fused-ring (bicyclic) bond motifs is 3. The third-order valence-corrected chi connectivity index (χ3v) is 5.60. The molecule has 0 spiro atoms. The van der Waals surface area contributed by atoms with Gasteiger partial charge < -0.3 is 10.6 Å². The summed E-state index contributed by atoms with van der Waals surface area (Å²) in [4.78, 5) is 24.3. The molecule has 2 amide bonds. The van der Waals surface area contributed by atoms with Crippen LogP contribution in [-0.4, -0.2) is 11.8 Å². The molecule has 4 rings (SSSR count). The van der Waals surface area contributed by atoms with E-state index >= 15 is 0 Å². The van der Waals surface area contributed by atoms with Crippen molar-refractivity contribution in [1.82, 2.24) is 0 Å². The molecular weight excluding hydrogens is 410 g/mol. The summed E-state index contributed by atoms with van der Waals surface area (Å²) in [6.07, 6.45) is 0. The summed E-state index contributed by atoms with van der Waals surface area (Å²) in [5.41, 5.74) is 5.34. The van der Waals surface area contributed by atoms with Gasteiger partial charge in [0.1, 0.15) is 7.05 Å². The largest absolute Gasteiger partial charge is 0.322 e. The van der Waals surface area contributed by atoms with E-state index in [9.17, 15) is 9.59 Å². The van der Waals surface area contributed by atoms with E-state index in [1.54, 1.807) is 13.8 Å². The fraction of sp³-hybridized carbons (Fsp3) is 0.107. The van der Waals surface area contributed by atoms with Gasteiger partial charge in [-0.3, -0.25) is 9.59 Å². The number of hydrogen-bond acceptors (Lipinski definition) is 2. The van der Waals surface area contributed by atoms with Crippen molar-refractivity contribution in [3.63, 3.8) is 0 Å². The zero-order valence-electron chi connectivity index (χ0n) is 19.0. The number of nitrogens with zero attached hydrogens (tertiary/aromatic N) is 1. The lowest BCUT2D eigenvalue weighted by Gasteiger charge is -2.13. The Morgan fingerprint density at radius 3 is 1.85 bits per heavy atom. The molecule has 5 nitrogen and oxygen atoms in total. The van der Waals surface area contributed by atoms with Gasteiger partial charge in [0.25, 0.3) is 11.8 Å². The number of amides is 2. The van der Waals surface area contributed by atoms with E-state index in [4.69, 9.17) is 0 Å². The summed E-state index contributed by atoms with van der Waals surface area (Å²) in [5, 5.41) is 8.92. The maximum atomic E-state index is 12.2. The molecular formula is C28H26N3O2+. The van der Waals surface area contributed by atoms with Gasteiger partial charge >= 0.3 is 0 Å². The molecule has 3 aromatic carbocycles. The van der Waals surface area contributed by atoms with Gasteiger partial charge in [-0.25, -0.2) is 0 Å². The van der Waals surface area contributed by atoms with Crippen LogP contribution in [0.2, 0.25) is 0 Å². The quantitative estimate of drug-likeness (QED) is 0.246. The van der Waals surface area contributed by atoms with E-state index < -0.39 is 0 Å². The summed E-state index contributed by atoms with van der Waals surface area (Å²) >= 11 is 0. The van der Waals surface area contributed by atoms with Crippen molar-refractivity contribution in [3.8, 4) is 11.3 Å². The Bertz CT molecular complexity index is 1450. The number of carbonyl (C=O) groups is 2. The lowest BCUT2D eigenvalue weighted by Crippen LogP contribution is -2.32. The molecule has 0 aliphatic rings. The van der Waals surface area contributed by atoms with Crippen molar-refractivity contribution in [2.24, 2.45) is 7.05 Å². The average molecular weight is 437 g/mol. The number of hydrogen-bond donors (Lipinski definition) is 2. The van der Waals surface area contributed by atoms with Gasteiger partial charge in [-0.05, 0) is 50.2 Å². The van der Waals surface area contributed by atoms with Crippen molar-refractivity contribution in [1.29, 1.82) is 0 Å². The number of rotatable bonds is 5. The van der Waals surface area contributed by atoms with Crippen LogP contribution in [0.25, 0.3) is 32.9 Å². The van der Waals surface area contributed by atoms with Gasteiger partial charge in [0.2, 0.25) is 11.2 Å². The van der Waals surface area contributed by atoms with Gasteiger partial charge in [0.05, 0.1) is 10.8 Å². The van der Waals surface area contributed by atoms with Crippen LogP contribution in [0.5, 0.6) is 0 Å². The molecule has 164 valence electrons. The minimum Gasteiger partial charge on any atom is -0.322 e. The maximum Gasteiger partial charge on any atom is 0.250 e. The van der Waals surface area contributed by atoms with E-state index in [-0.39, 0.29) is 11.8 Å². The Labute approximate surface area is 193 Å². The topological polar surface area (TPSA) is 62.1 Å². The minimum atomic E-state index is -0.210. The second kappa shape index (κ2) is 8.71. The Hall–Kier alpha value is -4.25. The van der Waals surface area contributed by atoms with Crippen molar-refractivity contribution in [2.75, 3.05) is 10.6 Å². The third-order valence-electron chi connectivity index (χ3n) is 5.60. The molecule has 2 N–H and O–H groups in total. The number of nitrogens with one attached hydrogen (secondary N) is 2. The number of aryl methyl sites for hydroxylation is 1.